The molecule has 2 atom stereocenters. The summed E-state index contributed by atoms with van der Waals surface area (Å²) >= 11 is 0. The van der Waals surface area contributed by atoms with Gasteiger partial charge >= 0.3 is 29.7 Å². The first-order valence-corrected chi connectivity index (χ1v) is 31.1. The largest absolute Gasteiger partial charge is 0.439 e. The van der Waals surface area contributed by atoms with Crippen LogP contribution < -0.4 is 0 Å². The van der Waals surface area contributed by atoms with Crippen LogP contribution in [0.15, 0.2) is 0 Å². The lowest BCUT2D eigenvalue weighted by atomic mass is 9.84. The van der Waals surface area contributed by atoms with Gasteiger partial charge in [0.05, 0.1) is 6.42 Å². The average molecular weight is 992 g/mol. The molecule has 0 aliphatic carbocycles. The second kappa shape index (κ2) is 51.8. The summed E-state index contributed by atoms with van der Waals surface area (Å²) in [6.45, 7) is 13.2. The Labute approximate surface area is 434 Å². The van der Waals surface area contributed by atoms with Crippen molar-refractivity contribution in [2.75, 3.05) is 0 Å². The average Bonchev–Trinajstić information content (AvgIpc) is 3.35. The monoisotopic (exact) mass is 991 g/mol. The molecule has 0 N–H and O–H groups in total. The molecule has 2 unspecified atom stereocenters. The lowest BCUT2D eigenvalue weighted by Gasteiger charge is -2.36. The minimum absolute atomic E-state index is 0.100. The summed E-state index contributed by atoms with van der Waals surface area (Å²) in [7, 11) is 0. The maximum Gasteiger partial charge on any atom is 0.439 e. The third-order valence-electron chi connectivity index (χ3n) is 14.7. The minimum atomic E-state index is -2.33. The van der Waals surface area contributed by atoms with Crippen molar-refractivity contribution in [3.05, 3.63) is 0 Å². The van der Waals surface area contributed by atoms with E-state index in [-0.39, 0.29) is 19.3 Å². The summed E-state index contributed by atoms with van der Waals surface area (Å²) in [6.07, 6.45) is 52.7. The molecule has 8 heteroatoms. The predicted molar refractivity (Wildman–Crippen MR) is 294 cm³/mol. The van der Waals surface area contributed by atoms with Crippen LogP contribution in [0.25, 0.3) is 0 Å². The van der Waals surface area contributed by atoms with Crippen LogP contribution in [-0.2, 0) is 38.4 Å². The molecule has 0 radical (unpaired) electrons. The van der Waals surface area contributed by atoms with Crippen molar-refractivity contribution in [2.45, 2.75) is 362 Å². The van der Waals surface area contributed by atoms with Gasteiger partial charge in [-0.1, -0.05) is 305 Å². The van der Waals surface area contributed by atoms with E-state index in [0.717, 1.165) is 109 Å². The van der Waals surface area contributed by atoms with Crippen molar-refractivity contribution >= 4 is 23.9 Å². The third-order valence-corrected chi connectivity index (χ3v) is 14.7. The van der Waals surface area contributed by atoms with Crippen LogP contribution in [0.1, 0.15) is 356 Å². The van der Waals surface area contributed by atoms with Crippen molar-refractivity contribution in [3.8, 4) is 0 Å². The van der Waals surface area contributed by atoms with E-state index < -0.39 is 35.6 Å². The molecule has 0 aromatic carbocycles. The van der Waals surface area contributed by atoms with Gasteiger partial charge in [0.25, 0.3) is 0 Å². The minimum Gasteiger partial charge on any atom is -0.411 e. The van der Waals surface area contributed by atoms with Gasteiger partial charge in [0, 0.05) is 18.8 Å². The lowest BCUT2D eigenvalue weighted by Crippen LogP contribution is -2.54. The highest BCUT2D eigenvalue weighted by atomic mass is 17.2. The van der Waals surface area contributed by atoms with Crippen molar-refractivity contribution < 1.29 is 38.4 Å². The Morgan fingerprint density at radius 1 is 0.300 bits per heavy atom. The van der Waals surface area contributed by atoms with Crippen LogP contribution in [0.3, 0.4) is 0 Å². The Morgan fingerprint density at radius 2 is 0.571 bits per heavy atom. The van der Waals surface area contributed by atoms with E-state index in [2.05, 4.69) is 41.5 Å². The van der Waals surface area contributed by atoms with Gasteiger partial charge in [-0.15, -0.1) is 0 Å². The Morgan fingerprint density at radius 3 is 0.914 bits per heavy atom. The fourth-order valence-electron chi connectivity index (χ4n) is 9.93. The molecule has 0 saturated heterocycles. The lowest BCUT2D eigenvalue weighted by molar-refractivity contribution is -0.304. The fourth-order valence-corrected chi connectivity index (χ4v) is 9.93. The van der Waals surface area contributed by atoms with Gasteiger partial charge in [-0.05, 0) is 38.0 Å². The van der Waals surface area contributed by atoms with E-state index in [1.165, 1.54) is 154 Å². The highest BCUT2D eigenvalue weighted by Crippen LogP contribution is 2.37. The van der Waals surface area contributed by atoms with Crippen LogP contribution in [0.4, 0.5) is 0 Å². The third kappa shape index (κ3) is 41.4. The number of rotatable bonds is 54. The Balaban J connectivity index is 5.41. The standard InChI is InChI=1S/C62H118O8/c1-7-12-17-21-23-24-25-26-27-28-29-30-31-32-33-34-35-36-37-39-42-45-49-56(6)54-55-57(50-44-16-11-5)62(67-58(63)51-46-40-19-14-9-3,68-59(64)52-47-41-20-15-10-4)61(66)70-69-60(65)53-48-43-38-22-18-13-8-2/h56-57H,7-55H2,1-6H3. The zero-order chi connectivity index (χ0) is 51.4. The number of hydrogen-bond donors (Lipinski definition) is 0. The number of esters is 2. The molecule has 70 heavy (non-hydrogen) atoms. The van der Waals surface area contributed by atoms with Gasteiger partial charge in [0.2, 0.25) is 0 Å². The van der Waals surface area contributed by atoms with Gasteiger partial charge in [-0.25, -0.2) is 19.4 Å². The summed E-state index contributed by atoms with van der Waals surface area (Å²) < 4.78 is 12.4. The van der Waals surface area contributed by atoms with Crippen molar-refractivity contribution in [1.29, 1.82) is 0 Å². The Hall–Kier alpha value is -2.12. The van der Waals surface area contributed by atoms with Gasteiger partial charge < -0.3 is 9.47 Å². The normalized spacial score (nSPS) is 12.5. The van der Waals surface area contributed by atoms with E-state index in [9.17, 15) is 19.2 Å². The number of carbonyl (C=O) groups excluding carboxylic acids is 4. The molecule has 0 amide bonds. The fraction of sp³-hybridized carbons (Fsp3) is 0.935. The molecule has 0 aromatic heterocycles. The van der Waals surface area contributed by atoms with E-state index in [1.807, 2.05) is 0 Å². The van der Waals surface area contributed by atoms with Crippen LogP contribution in [0, 0.1) is 11.8 Å². The highest BCUT2D eigenvalue weighted by Gasteiger charge is 2.56. The molecule has 0 rings (SSSR count). The van der Waals surface area contributed by atoms with E-state index in [0.29, 0.717) is 38.0 Å². The highest BCUT2D eigenvalue weighted by molar-refractivity contribution is 5.85. The summed E-state index contributed by atoms with van der Waals surface area (Å²) in [5.74, 6) is -5.57. The molecule has 0 fully saturated rings. The molecular weight excluding hydrogens is 873 g/mol. The Kier molecular flexibility index (Phi) is 50.2. The van der Waals surface area contributed by atoms with E-state index in [1.54, 1.807) is 0 Å². The van der Waals surface area contributed by atoms with Gasteiger partial charge in [0.15, 0.2) is 0 Å². The van der Waals surface area contributed by atoms with Crippen molar-refractivity contribution in [3.63, 3.8) is 0 Å². The molecule has 0 aromatic rings. The van der Waals surface area contributed by atoms with Gasteiger partial charge in [-0.2, -0.15) is 0 Å². The van der Waals surface area contributed by atoms with Crippen molar-refractivity contribution in [1.82, 2.24) is 0 Å². The summed E-state index contributed by atoms with van der Waals surface area (Å²) in [5, 5.41) is 0. The second-order valence-corrected chi connectivity index (χ2v) is 21.7. The van der Waals surface area contributed by atoms with E-state index in [4.69, 9.17) is 19.2 Å². The smallest absolute Gasteiger partial charge is 0.411 e. The maximum absolute atomic E-state index is 14.5. The zero-order valence-electron chi connectivity index (χ0n) is 47.6. The van der Waals surface area contributed by atoms with Crippen LogP contribution in [0.2, 0.25) is 0 Å². The first kappa shape index (κ1) is 67.9. The van der Waals surface area contributed by atoms with Crippen LogP contribution in [-0.4, -0.2) is 29.7 Å². The maximum atomic E-state index is 14.5. The predicted octanol–water partition coefficient (Wildman–Crippen LogP) is 20.2. The molecule has 0 heterocycles. The van der Waals surface area contributed by atoms with E-state index >= 15 is 0 Å². The second-order valence-electron chi connectivity index (χ2n) is 21.7. The topological polar surface area (TPSA) is 105 Å². The molecule has 0 aliphatic rings. The molecule has 0 bridgehead atoms. The molecular formula is C62H118O8. The zero-order valence-corrected chi connectivity index (χ0v) is 47.6. The first-order valence-electron chi connectivity index (χ1n) is 31.1. The molecule has 8 nitrogen and oxygen atoms in total. The van der Waals surface area contributed by atoms with Crippen molar-refractivity contribution in [2.24, 2.45) is 11.8 Å². The quantitative estimate of drug-likeness (QED) is 0.0195. The Bertz CT molecular complexity index is 1140. The number of hydrogen-bond acceptors (Lipinski definition) is 8. The summed E-state index contributed by atoms with van der Waals surface area (Å²) in [6, 6.07) is 0. The van der Waals surface area contributed by atoms with Crippen LogP contribution >= 0.6 is 0 Å². The molecule has 0 spiro atoms. The van der Waals surface area contributed by atoms with Crippen LogP contribution in [0.5, 0.6) is 0 Å². The summed E-state index contributed by atoms with van der Waals surface area (Å²) in [4.78, 5) is 65.4. The number of unbranched alkanes of at least 4 members (excludes halogenated alkanes) is 37. The molecule has 414 valence electrons. The molecule has 0 saturated carbocycles. The summed E-state index contributed by atoms with van der Waals surface area (Å²) in [5.41, 5.74) is 0. The first-order chi connectivity index (χ1) is 34.2. The number of carbonyl (C=O) groups is 4. The number of ether oxygens (including phenoxy) is 2. The van der Waals surface area contributed by atoms with Gasteiger partial charge in [-0.3, -0.25) is 9.59 Å². The SMILES string of the molecule is CCCCCCCCCCCCCCCCCCCCCCCCC(C)CCC(CCCCC)C(OC(=O)CCCCCCC)(OC(=O)CCCCCCC)C(=O)OOC(=O)CCCCCCCCC. The molecule has 0 aliphatic heterocycles. The van der Waals surface area contributed by atoms with Gasteiger partial charge in [0.1, 0.15) is 0 Å².